The van der Waals surface area contributed by atoms with Gasteiger partial charge in [-0.15, -0.1) is 22.7 Å². The second-order valence-corrected chi connectivity index (χ2v) is 12.9. The molecule has 0 unspecified atom stereocenters. The first kappa shape index (κ1) is 25.8. The van der Waals surface area contributed by atoms with Crippen LogP contribution in [0.15, 0.2) is 133 Å². The number of allylic oxidation sites excluding steroid dienone is 1. The van der Waals surface area contributed by atoms with Gasteiger partial charge in [0.05, 0.1) is 5.69 Å². The maximum Gasteiger partial charge on any atom is 0.0554 e. The Morgan fingerprint density at radius 1 is 0.558 bits per heavy atom. The Kier molecular flexibility index (Phi) is 6.25. The second kappa shape index (κ2) is 10.4. The first-order chi connectivity index (χ1) is 21.2. The molecule has 0 aliphatic rings. The average Bonchev–Trinajstić information content (AvgIpc) is 3.60. The predicted molar refractivity (Wildman–Crippen MR) is 191 cm³/mol. The lowest BCUT2D eigenvalue weighted by Gasteiger charge is -2.27. The third-order valence-corrected chi connectivity index (χ3v) is 10.4. The van der Waals surface area contributed by atoms with Crippen LogP contribution in [0.1, 0.15) is 12.5 Å². The quantitative estimate of drug-likeness (QED) is 0.203. The van der Waals surface area contributed by atoms with Gasteiger partial charge in [0.2, 0.25) is 0 Å². The Morgan fingerprint density at radius 2 is 1.23 bits per heavy atom. The van der Waals surface area contributed by atoms with Crippen LogP contribution >= 0.6 is 22.7 Å². The number of nitrogens with zero attached hydrogens (tertiary/aromatic N) is 1. The van der Waals surface area contributed by atoms with Crippen molar-refractivity contribution in [1.29, 1.82) is 0 Å². The highest BCUT2D eigenvalue weighted by molar-refractivity contribution is 7.26. The Labute approximate surface area is 258 Å². The molecule has 0 spiro atoms. The van der Waals surface area contributed by atoms with Crippen molar-refractivity contribution < 1.29 is 0 Å². The van der Waals surface area contributed by atoms with Crippen molar-refractivity contribution in [1.82, 2.24) is 0 Å². The molecule has 0 aliphatic carbocycles. The van der Waals surface area contributed by atoms with Gasteiger partial charge in [0, 0.05) is 57.4 Å². The SMILES string of the molecule is C/C=C\c1cc2c(cc1N)sc1cccc(N(c3ccc(-c4ccccc4)cc3)c3ccc4c(c3)sc3ccccc34)c12. The van der Waals surface area contributed by atoms with Gasteiger partial charge in [-0.3, -0.25) is 0 Å². The van der Waals surface area contributed by atoms with Gasteiger partial charge >= 0.3 is 0 Å². The molecule has 8 rings (SSSR count). The number of benzene rings is 6. The van der Waals surface area contributed by atoms with Gasteiger partial charge in [-0.2, -0.15) is 0 Å². The van der Waals surface area contributed by atoms with E-state index >= 15 is 0 Å². The summed E-state index contributed by atoms with van der Waals surface area (Å²) in [6.45, 7) is 2.03. The van der Waals surface area contributed by atoms with E-state index in [1.807, 2.05) is 24.3 Å². The van der Waals surface area contributed by atoms with Crippen molar-refractivity contribution in [2.24, 2.45) is 0 Å². The summed E-state index contributed by atoms with van der Waals surface area (Å²) < 4.78 is 5.05. The maximum absolute atomic E-state index is 6.47. The molecule has 206 valence electrons. The maximum atomic E-state index is 6.47. The molecule has 0 atom stereocenters. The van der Waals surface area contributed by atoms with E-state index in [2.05, 4.69) is 138 Å². The van der Waals surface area contributed by atoms with Gasteiger partial charge in [0.25, 0.3) is 0 Å². The molecule has 4 heteroatoms. The van der Waals surface area contributed by atoms with Crippen molar-refractivity contribution in [3.63, 3.8) is 0 Å². The van der Waals surface area contributed by atoms with Gasteiger partial charge < -0.3 is 10.6 Å². The molecule has 6 aromatic carbocycles. The molecule has 8 aromatic rings. The zero-order chi connectivity index (χ0) is 28.9. The van der Waals surface area contributed by atoms with E-state index < -0.39 is 0 Å². The number of fused-ring (bicyclic) bond motifs is 6. The molecular weight excluding hydrogens is 561 g/mol. The van der Waals surface area contributed by atoms with Crippen molar-refractivity contribution in [2.45, 2.75) is 6.92 Å². The molecule has 43 heavy (non-hydrogen) atoms. The summed E-state index contributed by atoms with van der Waals surface area (Å²) in [6.07, 6.45) is 4.14. The van der Waals surface area contributed by atoms with Gasteiger partial charge in [0.1, 0.15) is 0 Å². The van der Waals surface area contributed by atoms with Crippen molar-refractivity contribution in [3.05, 3.63) is 139 Å². The lowest BCUT2D eigenvalue weighted by Crippen LogP contribution is -2.10. The van der Waals surface area contributed by atoms with Crippen LogP contribution in [0, 0.1) is 0 Å². The minimum Gasteiger partial charge on any atom is -0.398 e. The van der Waals surface area contributed by atoms with E-state index in [4.69, 9.17) is 5.73 Å². The topological polar surface area (TPSA) is 29.3 Å². The summed E-state index contributed by atoms with van der Waals surface area (Å²) in [5, 5.41) is 5.09. The average molecular weight is 589 g/mol. The van der Waals surface area contributed by atoms with Crippen LogP contribution < -0.4 is 10.6 Å². The van der Waals surface area contributed by atoms with Crippen LogP contribution in [0.3, 0.4) is 0 Å². The normalized spacial score (nSPS) is 11.8. The molecule has 2 N–H and O–H groups in total. The molecule has 2 aromatic heterocycles. The number of nitrogen functional groups attached to an aromatic ring is 1. The molecule has 0 fully saturated rings. The van der Waals surface area contributed by atoms with Crippen LogP contribution in [0.4, 0.5) is 22.7 Å². The van der Waals surface area contributed by atoms with Gasteiger partial charge in [0.15, 0.2) is 0 Å². The zero-order valence-electron chi connectivity index (χ0n) is 23.6. The summed E-state index contributed by atoms with van der Waals surface area (Å²) >= 11 is 3.66. The second-order valence-electron chi connectivity index (χ2n) is 10.8. The Bertz CT molecular complexity index is 2310. The van der Waals surface area contributed by atoms with E-state index in [9.17, 15) is 0 Å². The van der Waals surface area contributed by atoms with Gasteiger partial charge in [-0.1, -0.05) is 84.9 Å². The first-order valence-electron chi connectivity index (χ1n) is 14.4. The van der Waals surface area contributed by atoms with E-state index in [1.54, 1.807) is 11.3 Å². The first-order valence-corrected chi connectivity index (χ1v) is 16.1. The number of anilines is 4. The van der Waals surface area contributed by atoms with Crippen molar-refractivity contribution in [3.8, 4) is 11.1 Å². The van der Waals surface area contributed by atoms with Crippen LogP contribution in [0.2, 0.25) is 0 Å². The molecule has 0 radical (unpaired) electrons. The summed E-state index contributed by atoms with van der Waals surface area (Å²) in [6, 6.07) is 46.1. The number of hydrogen-bond acceptors (Lipinski definition) is 4. The van der Waals surface area contributed by atoms with Crippen molar-refractivity contribution >= 4 is 91.8 Å². The Balaban J connectivity index is 1.38. The molecule has 0 amide bonds. The molecule has 2 heterocycles. The third kappa shape index (κ3) is 4.38. The van der Waals surface area contributed by atoms with E-state index in [-0.39, 0.29) is 0 Å². The van der Waals surface area contributed by atoms with Crippen LogP contribution in [0.25, 0.3) is 57.5 Å². The number of thiophene rings is 2. The monoisotopic (exact) mass is 588 g/mol. The van der Waals surface area contributed by atoms with Crippen LogP contribution in [-0.2, 0) is 0 Å². The zero-order valence-corrected chi connectivity index (χ0v) is 25.3. The highest BCUT2D eigenvalue weighted by atomic mass is 32.1. The standard InChI is InChI=1S/C39H28N2S2/c1-2-9-27-22-32-38(24-33(27)40)43-36-15-8-13-34(39(32)36)41(28-18-16-26(17-19-28)25-10-4-3-5-11-25)29-20-21-31-30-12-6-7-14-35(30)42-37(31)23-29/h2-24H,40H2,1H3/b9-2-. The Morgan fingerprint density at radius 3 is 2.07 bits per heavy atom. The summed E-state index contributed by atoms with van der Waals surface area (Å²) in [4.78, 5) is 2.42. The number of rotatable bonds is 5. The third-order valence-electron chi connectivity index (χ3n) is 8.12. The van der Waals surface area contributed by atoms with Crippen LogP contribution in [0.5, 0.6) is 0 Å². The van der Waals surface area contributed by atoms with Crippen LogP contribution in [-0.4, -0.2) is 0 Å². The smallest absolute Gasteiger partial charge is 0.0554 e. The van der Waals surface area contributed by atoms with Gasteiger partial charge in [-0.25, -0.2) is 0 Å². The lowest BCUT2D eigenvalue weighted by atomic mass is 10.0. The van der Waals surface area contributed by atoms with E-state index in [1.165, 1.54) is 51.5 Å². The molecule has 0 aliphatic heterocycles. The van der Waals surface area contributed by atoms with Crippen molar-refractivity contribution in [2.75, 3.05) is 10.6 Å². The largest absolute Gasteiger partial charge is 0.398 e. The van der Waals surface area contributed by atoms with E-state index in [0.29, 0.717) is 0 Å². The number of hydrogen-bond donors (Lipinski definition) is 1. The predicted octanol–water partition coefficient (Wildman–Crippen LogP) is 12.2. The summed E-state index contributed by atoms with van der Waals surface area (Å²) in [5.41, 5.74) is 14.2. The molecule has 2 nitrogen and oxygen atoms in total. The Hall–Kier alpha value is -4.90. The summed E-state index contributed by atoms with van der Waals surface area (Å²) in [5.74, 6) is 0. The minimum absolute atomic E-state index is 0.808. The fourth-order valence-electron chi connectivity index (χ4n) is 6.11. The molecule has 0 saturated heterocycles. The highest BCUT2D eigenvalue weighted by Gasteiger charge is 2.20. The molecule has 0 saturated carbocycles. The molecule has 0 bridgehead atoms. The minimum atomic E-state index is 0.808. The highest BCUT2D eigenvalue weighted by Crippen LogP contribution is 2.47. The fraction of sp³-hybridized carbons (Fsp3) is 0.0256. The summed E-state index contributed by atoms with van der Waals surface area (Å²) in [7, 11) is 0. The number of nitrogens with two attached hydrogens (primary N) is 1. The van der Waals surface area contributed by atoms with Gasteiger partial charge in [-0.05, 0) is 78.2 Å². The lowest BCUT2D eigenvalue weighted by molar-refractivity contribution is 1.31. The van der Waals surface area contributed by atoms with E-state index in [0.717, 1.165) is 28.3 Å². The molecular formula is C39H28N2S2. The fourth-order valence-corrected chi connectivity index (χ4v) is 8.41.